The van der Waals surface area contributed by atoms with E-state index in [-0.39, 0.29) is 0 Å². The molecule has 1 heterocycles. The molecule has 0 bridgehead atoms. The van der Waals surface area contributed by atoms with Crippen LogP contribution in [0.2, 0.25) is 0 Å². The molecule has 0 saturated carbocycles. The van der Waals surface area contributed by atoms with Crippen molar-refractivity contribution >= 4 is 16.5 Å². The molecule has 1 aromatic heterocycles. The number of anilines is 1. The van der Waals surface area contributed by atoms with Crippen LogP contribution < -0.4 is 4.90 Å². The van der Waals surface area contributed by atoms with Gasteiger partial charge in [-0.3, -0.25) is 0 Å². The van der Waals surface area contributed by atoms with Crippen LogP contribution in [0.4, 0.5) is 5.13 Å². The quantitative estimate of drug-likeness (QED) is 0.696. The van der Waals surface area contributed by atoms with Crippen LogP contribution in [0, 0.1) is 12.3 Å². The summed E-state index contributed by atoms with van der Waals surface area (Å²) in [6, 6.07) is 0. The summed E-state index contributed by atoms with van der Waals surface area (Å²) in [5, 5.41) is 3.06. The summed E-state index contributed by atoms with van der Waals surface area (Å²) in [6.07, 6.45) is 5.23. The monoisotopic (exact) mass is 209 g/mol. The van der Waals surface area contributed by atoms with Crippen molar-refractivity contribution in [3.8, 4) is 12.3 Å². The van der Waals surface area contributed by atoms with Gasteiger partial charge in [-0.25, -0.2) is 4.98 Å². The summed E-state index contributed by atoms with van der Waals surface area (Å²) >= 11 is 1.63. The molecule has 0 N–H and O–H groups in total. The predicted octanol–water partition coefficient (Wildman–Crippen LogP) is 1.27. The third-order valence-corrected chi connectivity index (χ3v) is 2.68. The average molecular weight is 209 g/mol. The molecule has 4 heteroatoms. The highest BCUT2D eigenvalue weighted by atomic mass is 32.1. The summed E-state index contributed by atoms with van der Waals surface area (Å²) in [7, 11) is 6.02. The standard InChI is InChI=1S/C10H15N3S/c1-5-6-13(4)10-11-9(8-14-10)7-12(2)3/h1,8H,6-7H2,2-4H3. The van der Waals surface area contributed by atoms with Crippen LogP contribution in [0.15, 0.2) is 5.38 Å². The average Bonchev–Trinajstić information content (AvgIpc) is 2.52. The van der Waals surface area contributed by atoms with Gasteiger partial charge in [0.1, 0.15) is 0 Å². The Hall–Kier alpha value is -1.05. The summed E-state index contributed by atoms with van der Waals surface area (Å²) in [5.74, 6) is 2.60. The van der Waals surface area contributed by atoms with Crippen LogP contribution in [-0.2, 0) is 6.54 Å². The minimum Gasteiger partial charge on any atom is -0.340 e. The first-order valence-corrected chi connectivity index (χ1v) is 5.25. The summed E-state index contributed by atoms with van der Waals surface area (Å²) in [4.78, 5) is 8.55. The fourth-order valence-corrected chi connectivity index (χ4v) is 1.86. The van der Waals surface area contributed by atoms with E-state index in [9.17, 15) is 0 Å². The topological polar surface area (TPSA) is 19.4 Å². The van der Waals surface area contributed by atoms with Gasteiger partial charge in [0.05, 0.1) is 12.2 Å². The third kappa shape index (κ3) is 3.02. The fourth-order valence-electron chi connectivity index (χ4n) is 1.07. The molecule has 0 aliphatic heterocycles. The zero-order valence-corrected chi connectivity index (χ0v) is 9.64. The number of hydrogen-bond donors (Lipinski definition) is 0. The van der Waals surface area contributed by atoms with Gasteiger partial charge in [0.25, 0.3) is 0 Å². The Morgan fingerprint density at radius 1 is 1.50 bits per heavy atom. The number of aromatic nitrogens is 1. The highest BCUT2D eigenvalue weighted by Crippen LogP contribution is 2.19. The van der Waals surface area contributed by atoms with Gasteiger partial charge in [0.15, 0.2) is 5.13 Å². The maximum Gasteiger partial charge on any atom is 0.186 e. The lowest BCUT2D eigenvalue weighted by Gasteiger charge is -2.11. The molecule has 3 nitrogen and oxygen atoms in total. The molecule has 0 saturated heterocycles. The molecular weight excluding hydrogens is 194 g/mol. The molecule has 0 aromatic carbocycles. The molecule has 0 amide bonds. The summed E-state index contributed by atoms with van der Waals surface area (Å²) in [6.45, 7) is 1.48. The van der Waals surface area contributed by atoms with E-state index in [2.05, 4.69) is 21.2 Å². The number of hydrogen-bond acceptors (Lipinski definition) is 4. The second kappa shape index (κ2) is 4.99. The second-order valence-electron chi connectivity index (χ2n) is 3.42. The number of thiazole rings is 1. The number of terminal acetylenes is 1. The lowest BCUT2D eigenvalue weighted by Crippen LogP contribution is -2.17. The minimum atomic E-state index is 0.606. The third-order valence-electron chi connectivity index (χ3n) is 1.67. The summed E-state index contributed by atoms with van der Waals surface area (Å²) < 4.78 is 0. The molecule has 1 aromatic rings. The Labute approximate surface area is 89.4 Å². The first kappa shape index (κ1) is 11.0. The van der Waals surface area contributed by atoms with Crippen LogP contribution in [-0.4, -0.2) is 37.6 Å². The van der Waals surface area contributed by atoms with Crippen molar-refractivity contribution in [1.82, 2.24) is 9.88 Å². The van der Waals surface area contributed by atoms with E-state index in [1.807, 2.05) is 26.0 Å². The Morgan fingerprint density at radius 2 is 2.21 bits per heavy atom. The van der Waals surface area contributed by atoms with Crippen LogP contribution in [0.5, 0.6) is 0 Å². The van der Waals surface area contributed by atoms with Gasteiger partial charge < -0.3 is 9.80 Å². The molecule has 0 aliphatic rings. The van der Waals surface area contributed by atoms with E-state index < -0.39 is 0 Å². The van der Waals surface area contributed by atoms with Crippen molar-refractivity contribution in [3.63, 3.8) is 0 Å². The SMILES string of the molecule is C#CCN(C)c1nc(CN(C)C)cs1. The van der Waals surface area contributed by atoms with Crippen LogP contribution in [0.25, 0.3) is 0 Å². The first-order valence-electron chi connectivity index (χ1n) is 4.37. The molecule has 0 aliphatic carbocycles. The maximum atomic E-state index is 5.23. The van der Waals surface area contributed by atoms with Crippen molar-refractivity contribution in [2.45, 2.75) is 6.54 Å². The molecule has 0 radical (unpaired) electrons. The van der Waals surface area contributed by atoms with Crippen molar-refractivity contribution in [2.24, 2.45) is 0 Å². The Morgan fingerprint density at radius 3 is 2.79 bits per heavy atom. The van der Waals surface area contributed by atoms with E-state index in [0.717, 1.165) is 17.4 Å². The molecule has 14 heavy (non-hydrogen) atoms. The van der Waals surface area contributed by atoms with Crippen molar-refractivity contribution in [3.05, 3.63) is 11.1 Å². The zero-order valence-electron chi connectivity index (χ0n) is 8.82. The van der Waals surface area contributed by atoms with Crippen LogP contribution in [0.1, 0.15) is 5.69 Å². The van der Waals surface area contributed by atoms with Gasteiger partial charge in [-0.15, -0.1) is 17.8 Å². The molecule has 1 rings (SSSR count). The van der Waals surface area contributed by atoms with Crippen molar-refractivity contribution < 1.29 is 0 Å². The highest BCUT2D eigenvalue weighted by molar-refractivity contribution is 7.13. The lowest BCUT2D eigenvalue weighted by molar-refractivity contribution is 0.398. The molecule has 0 spiro atoms. The highest BCUT2D eigenvalue weighted by Gasteiger charge is 2.05. The van der Waals surface area contributed by atoms with Crippen LogP contribution >= 0.6 is 11.3 Å². The van der Waals surface area contributed by atoms with Crippen LogP contribution in [0.3, 0.4) is 0 Å². The van der Waals surface area contributed by atoms with E-state index >= 15 is 0 Å². The first-order chi connectivity index (χ1) is 6.63. The molecule has 0 unspecified atom stereocenters. The molecule has 76 valence electrons. The van der Waals surface area contributed by atoms with Gasteiger partial charge in [0.2, 0.25) is 0 Å². The number of rotatable bonds is 4. The lowest BCUT2D eigenvalue weighted by atomic mass is 10.5. The number of nitrogens with zero attached hydrogens (tertiary/aromatic N) is 3. The second-order valence-corrected chi connectivity index (χ2v) is 4.26. The van der Waals surface area contributed by atoms with E-state index in [1.165, 1.54) is 0 Å². The minimum absolute atomic E-state index is 0.606. The predicted molar refractivity (Wildman–Crippen MR) is 61.6 cm³/mol. The largest absolute Gasteiger partial charge is 0.340 e. The van der Waals surface area contributed by atoms with Crippen molar-refractivity contribution in [2.75, 3.05) is 32.6 Å². The molecule has 0 fully saturated rings. The van der Waals surface area contributed by atoms with E-state index in [0.29, 0.717) is 6.54 Å². The Balaban J connectivity index is 2.64. The van der Waals surface area contributed by atoms with E-state index in [1.54, 1.807) is 11.3 Å². The van der Waals surface area contributed by atoms with Gasteiger partial charge >= 0.3 is 0 Å². The zero-order chi connectivity index (χ0) is 10.6. The smallest absolute Gasteiger partial charge is 0.186 e. The van der Waals surface area contributed by atoms with Gasteiger partial charge in [0, 0.05) is 19.0 Å². The van der Waals surface area contributed by atoms with Gasteiger partial charge in [-0.2, -0.15) is 0 Å². The van der Waals surface area contributed by atoms with Gasteiger partial charge in [-0.05, 0) is 14.1 Å². The Kier molecular flexibility index (Phi) is 3.93. The normalized spacial score (nSPS) is 10.2. The van der Waals surface area contributed by atoms with Crippen molar-refractivity contribution in [1.29, 1.82) is 0 Å². The Bertz CT molecular complexity index is 324. The fraction of sp³-hybridized carbons (Fsp3) is 0.500. The summed E-state index contributed by atoms with van der Waals surface area (Å²) in [5.41, 5.74) is 1.10. The molecular formula is C10H15N3S. The maximum absolute atomic E-state index is 5.23. The van der Waals surface area contributed by atoms with E-state index in [4.69, 9.17) is 6.42 Å². The molecule has 0 atom stereocenters. The van der Waals surface area contributed by atoms with Gasteiger partial charge in [-0.1, -0.05) is 5.92 Å².